The fraction of sp³-hybridized carbons (Fsp3) is 0.318. The van der Waals surface area contributed by atoms with Crippen LogP contribution in [0.3, 0.4) is 0 Å². The summed E-state index contributed by atoms with van der Waals surface area (Å²) < 4.78 is 1.75. The van der Waals surface area contributed by atoms with E-state index < -0.39 is 0 Å². The van der Waals surface area contributed by atoms with Crippen molar-refractivity contribution in [3.05, 3.63) is 65.7 Å². The number of para-hydroxylation sites is 1. The second-order valence-corrected chi connectivity index (χ2v) is 7.50. The van der Waals surface area contributed by atoms with E-state index in [2.05, 4.69) is 25.3 Å². The lowest BCUT2D eigenvalue weighted by atomic mass is 10.1. The minimum Gasteiger partial charge on any atom is -0.367 e. The molecule has 0 radical (unpaired) electrons. The van der Waals surface area contributed by atoms with Gasteiger partial charge < -0.3 is 9.80 Å². The summed E-state index contributed by atoms with van der Waals surface area (Å²) >= 11 is 0. The van der Waals surface area contributed by atoms with Gasteiger partial charge in [-0.25, -0.2) is 9.97 Å². The van der Waals surface area contributed by atoms with Gasteiger partial charge in [0.2, 0.25) is 11.9 Å². The number of hydrogen-bond acceptors (Lipinski definition) is 6. The van der Waals surface area contributed by atoms with Crippen molar-refractivity contribution in [2.75, 3.05) is 36.4 Å². The number of hydrogen-bond donors (Lipinski definition) is 1. The number of carbonyl (C=O) groups excluding carboxylic acids is 2. The highest BCUT2D eigenvalue weighted by Gasteiger charge is 2.24. The number of nitrogens with zero attached hydrogens (tertiary/aromatic N) is 6. The number of nitrogens with one attached hydrogen (secondary N) is 1. The molecule has 4 rings (SSSR count). The van der Waals surface area contributed by atoms with E-state index in [4.69, 9.17) is 0 Å². The lowest BCUT2D eigenvalue weighted by Gasteiger charge is -2.36. The van der Waals surface area contributed by atoms with Crippen LogP contribution in [0.25, 0.3) is 0 Å². The maximum atomic E-state index is 12.8. The molecular weight excluding hydrogens is 394 g/mol. The van der Waals surface area contributed by atoms with Gasteiger partial charge in [0.05, 0.1) is 11.3 Å². The average molecular weight is 419 g/mol. The molecule has 160 valence electrons. The Kier molecular flexibility index (Phi) is 5.92. The molecule has 31 heavy (non-hydrogen) atoms. The monoisotopic (exact) mass is 419 g/mol. The van der Waals surface area contributed by atoms with Gasteiger partial charge in [0.25, 0.3) is 5.91 Å². The van der Waals surface area contributed by atoms with Crippen molar-refractivity contribution in [2.24, 2.45) is 0 Å². The second-order valence-electron chi connectivity index (χ2n) is 7.50. The number of aromatic nitrogens is 4. The van der Waals surface area contributed by atoms with Gasteiger partial charge in [-0.1, -0.05) is 12.1 Å². The number of rotatable bonds is 5. The minimum atomic E-state index is -0.259. The van der Waals surface area contributed by atoms with Crippen LogP contribution in [0.2, 0.25) is 0 Å². The highest BCUT2D eigenvalue weighted by atomic mass is 16.2. The molecule has 1 aromatic carbocycles. The molecule has 9 heteroatoms. The lowest BCUT2D eigenvalue weighted by Crippen LogP contribution is -2.50. The van der Waals surface area contributed by atoms with Crippen molar-refractivity contribution in [2.45, 2.75) is 20.4 Å². The van der Waals surface area contributed by atoms with E-state index in [1.807, 2.05) is 43.0 Å². The first kappa shape index (κ1) is 20.5. The molecule has 3 aromatic rings. The maximum Gasteiger partial charge on any atom is 0.260 e. The fourth-order valence-electron chi connectivity index (χ4n) is 3.73. The van der Waals surface area contributed by atoms with Gasteiger partial charge in [-0.05, 0) is 38.1 Å². The van der Waals surface area contributed by atoms with Gasteiger partial charge in [-0.15, -0.1) is 0 Å². The van der Waals surface area contributed by atoms with E-state index in [0.717, 1.165) is 17.1 Å². The van der Waals surface area contributed by atoms with Gasteiger partial charge in [0.1, 0.15) is 6.54 Å². The minimum absolute atomic E-state index is 0.0538. The van der Waals surface area contributed by atoms with Crippen molar-refractivity contribution in [3.8, 4) is 0 Å². The molecule has 3 heterocycles. The molecule has 2 aromatic heterocycles. The van der Waals surface area contributed by atoms with Crippen molar-refractivity contribution in [1.82, 2.24) is 24.6 Å². The number of benzene rings is 1. The first-order valence-corrected chi connectivity index (χ1v) is 10.2. The second kappa shape index (κ2) is 8.95. The van der Waals surface area contributed by atoms with Gasteiger partial charge in [-0.3, -0.25) is 19.6 Å². The smallest absolute Gasteiger partial charge is 0.260 e. The third-order valence-corrected chi connectivity index (χ3v) is 5.30. The SMILES string of the molecule is Cc1cc(C)n(CC(=O)N2CCN(c3ccccc3C(=O)Nc3ncccn3)CC2)n1. The molecular formula is C22H25N7O2. The zero-order valence-corrected chi connectivity index (χ0v) is 17.7. The molecule has 1 aliphatic heterocycles. The lowest BCUT2D eigenvalue weighted by molar-refractivity contribution is -0.132. The van der Waals surface area contributed by atoms with E-state index >= 15 is 0 Å². The normalized spacial score (nSPS) is 13.9. The summed E-state index contributed by atoms with van der Waals surface area (Å²) in [5.74, 6) is 0.0600. The van der Waals surface area contributed by atoms with Gasteiger partial charge in [0, 0.05) is 50.0 Å². The molecule has 0 spiro atoms. The quantitative estimate of drug-likeness (QED) is 0.679. The summed E-state index contributed by atoms with van der Waals surface area (Å²) in [6.45, 7) is 6.60. The largest absolute Gasteiger partial charge is 0.367 e. The molecule has 1 saturated heterocycles. The Bertz CT molecular complexity index is 1070. The predicted octanol–water partition coefficient (Wildman–Crippen LogP) is 1.89. The number of aryl methyl sites for hydroxylation is 2. The Labute approximate surface area is 180 Å². The number of piperazine rings is 1. The highest BCUT2D eigenvalue weighted by Crippen LogP contribution is 2.23. The van der Waals surface area contributed by atoms with E-state index in [9.17, 15) is 9.59 Å². The van der Waals surface area contributed by atoms with Crippen LogP contribution in [0.1, 0.15) is 21.7 Å². The number of amides is 2. The van der Waals surface area contributed by atoms with Crippen molar-refractivity contribution in [3.63, 3.8) is 0 Å². The first-order valence-electron chi connectivity index (χ1n) is 10.2. The average Bonchev–Trinajstić information content (AvgIpc) is 3.11. The number of anilines is 2. The van der Waals surface area contributed by atoms with Crippen molar-refractivity contribution >= 4 is 23.5 Å². The zero-order chi connectivity index (χ0) is 21.8. The van der Waals surface area contributed by atoms with Crippen LogP contribution in [-0.2, 0) is 11.3 Å². The Morgan fingerprint density at radius 3 is 2.39 bits per heavy atom. The molecule has 1 fully saturated rings. The Morgan fingerprint density at radius 1 is 1.00 bits per heavy atom. The summed E-state index contributed by atoms with van der Waals surface area (Å²) in [5, 5.41) is 7.11. The Balaban J connectivity index is 1.40. The van der Waals surface area contributed by atoms with Crippen molar-refractivity contribution in [1.29, 1.82) is 0 Å². The van der Waals surface area contributed by atoms with Crippen molar-refractivity contribution < 1.29 is 9.59 Å². The van der Waals surface area contributed by atoms with Gasteiger partial charge >= 0.3 is 0 Å². The molecule has 1 N–H and O–H groups in total. The predicted molar refractivity (Wildman–Crippen MR) is 117 cm³/mol. The first-order chi connectivity index (χ1) is 15.0. The van der Waals surface area contributed by atoms with Gasteiger partial charge in [0.15, 0.2) is 0 Å². The molecule has 0 aliphatic carbocycles. The van der Waals surface area contributed by atoms with E-state index in [1.54, 1.807) is 29.2 Å². The summed E-state index contributed by atoms with van der Waals surface area (Å²) in [4.78, 5) is 37.6. The van der Waals surface area contributed by atoms with Crippen LogP contribution in [0, 0.1) is 13.8 Å². The summed E-state index contributed by atoms with van der Waals surface area (Å²) in [6.07, 6.45) is 3.16. The maximum absolute atomic E-state index is 12.8. The van der Waals surface area contributed by atoms with Crippen LogP contribution < -0.4 is 10.2 Å². The van der Waals surface area contributed by atoms with Crippen LogP contribution in [-0.4, -0.2) is 62.6 Å². The Hall–Kier alpha value is -3.75. The van der Waals surface area contributed by atoms with Gasteiger partial charge in [-0.2, -0.15) is 5.10 Å². The van der Waals surface area contributed by atoms with Crippen LogP contribution >= 0.6 is 0 Å². The van der Waals surface area contributed by atoms with Crippen LogP contribution in [0.15, 0.2) is 48.8 Å². The fourth-order valence-corrected chi connectivity index (χ4v) is 3.73. The van der Waals surface area contributed by atoms with E-state index in [0.29, 0.717) is 31.7 Å². The third-order valence-electron chi connectivity index (χ3n) is 5.30. The molecule has 0 bridgehead atoms. The summed E-state index contributed by atoms with van der Waals surface area (Å²) in [6, 6.07) is 11.1. The zero-order valence-electron chi connectivity index (χ0n) is 17.7. The molecule has 0 atom stereocenters. The van der Waals surface area contributed by atoms with E-state index in [1.165, 1.54) is 0 Å². The molecule has 0 saturated carbocycles. The summed E-state index contributed by atoms with van der Waals surface area (Å²) in [7, 11) is 0. The van der Waals surface area contributed by atoms with E-state index in [-0.39, 0.29) is 24.3 Å². The molecule has 2 amide bonds. The number of carbonyl (C=O) groups is 2. The third kappa shape index (κ3) is 4.71. The summed E-state index contributed by atoms with van der Waals surface area (Å²) in [5.41, 5.74) is 3.27. The molecule has 9 nitrogen and oxygen atoms in total. The van der Waals surface area contributed by atoms with Crippen LogP contribution in [0.4, 0.5) is 11.6 Å². The standard InChI is InChI=1S/C22H25N7O2/c1-16-14-17(2)29(26-16)15-20(30)28-12-10-27(11-13-28)19-7-4-3-6-18(19)21(31)25-22-23-8-5-9-24-22/h3-9,14H,10-13,15H2,1-2H3,(H,23,24,25,31). The van der Waals surface area contributed by atoms with Crippen LogP contribution in [0.5, 0.6) is 0 Å². The topological polar surface area (TPSA) is 96.2 Å². The Morgan fingerprint density at radius 2 is 1.71 bits per heavy atom. The highest BCUT2D eigenvalue weighted by molar-refractivity contribution is 6.07. The molecule has 0 unspecified atom stereocenters. The molecule has 1 aliphatic rings.